The van der Waals surface area contributed by atoms with Gasteiger partial charge in [0.05, 0.1) is 0 Å². The molecule has 0 amide bonds. The summed E-state index contributed by atoms with van der Waals surface area (Å²) >= 11 is 3.26. The summed E-state index contributed by atoms with van der Waals surface area (Å²) in [6, 6.07) is 4.91. The Labute approximate surface area is 92.0 Å². The van der Waals surface area contributed by atoms with Crippen molar-refractivity contribution in [1.82, 2.24) is 10.6 Å². The fourth-order valence-electron chi connectivity index (χ4n) is 1.16. The molecule has 4 heteroatoms. The molecule has 78 valence electrons. The van der Waals surface area contributed by atoms with Gasteiger partial charge in [0.1, 0.15) is 5.82 Å². The number of likely N-dealkylation sites (N-methyl/N-ethyl adjacent to an activating group) is 1. The zero-order valence-electron chi connectivity index (χ0n) is 8.11. The first kappa shape index (κ1) is 11.6. The van der Waals surface area contributed by atoms with Crippen LogP contribution in [0.2, 0.25) is 0 Å². The van der Waals surface area contributed by atoms with E-state index in [2.05, 4.69) is 26.6 Å². The Morgan fingerprint density at radius 2 is 2.07 bits per heavy atom. The van der Waals surface area contributed by atoms with Gasteiger partial charge in [-0.05, 0) is 30.8 Å². The maximum Gasteiger partial charge on any atom is 0.124 e. The van der Waals surface area contributed by atoms with Crippen molar-refractivity contribution in [3.8, 4) is 0 Å². The normalized spacial score (nSPS) is 10.5. The minimum atomic E-state index is -0.204. The fourth-order valence-corrected chi connectivity index (χ4v) is 1.67. The van der Waals surface area contributed by atoms with Gasteiger partial charge in [0, 0.05) is 24.1 Å². The molecule has 0 radical (unpaired) electrons. The summed E-state index contributed by atoms with van der Waals surface area (Å²) in [5.74, 6) is -0.204. The second kappa shape index (κ2) is 6.11. The lowest BCUT2D eigenvalue weighted by atomic mass is 10.2. The van der Waals surface area contributed by atoms with E-state index >= 15 is 0 Å². The third-order valence-corrected chi connectivity index (χ3v) is 2.26. The zero-order chi connectivity index (χ0) is 10.4. The molecule has 2 N–H and O–H groups in total. The number of halogens is 2. The number of rotatable bonds is 5. The van der Waals surface area contributed by atoms with Crippen molar-refractivity contribution in [3.63, 3.8) is 0 Å². The van der Waals surface area contributed by atoms with Gasteiger partial charge in [0.25, 0.3) is 0 Å². The molecule has 0 aliphatic rings. The van der Waals surface area contributed by atoms with Crippen LogP contribution in [-0.4, -0.2) is 20.1 Å². The molecule has 0 aliphatic heterocycles. The van der Waals surface area contributed by atoms with Crippen molar-refractivity contribution < 1.29 is 4.39 Å². The minimum absolute atomic E-state index is 0.204. The summed E-state index contributed by atoms with van der Waals surface area (Å²) in [5.41, 5.74) is 0.952. The van der Waals surface area contributed by atoms with Gasteiger partial charge in [-0.3, -0.25) is 0 Å². The van der Waals surface area contributed by atoms with E-state index in [-0.39, 0.29) is 5.82 Å². The standard InChI is InChI=1S/C10H14BrFN2/c1-13-2-3-14-7-8-4-9(11)6-10(12)5-8/h4-6,13-14H,2-3,7H2,1H3. The summed E-state index contributed by atoms with van der Waals surface area (Å²) in [5, 5.41) is 6.24. The SMILES string of the molecule is CNCCNCc1cc(F)cc(Br)c1. The van der Waals surface area contributed by atoms with Crippen LogP contribution in [-0.2, 0) is 6.54 Å². The van der Waals surface area contributed by atoms with Crippen LogP contribution in [0.25, 0.3) is 0 Å². The van der Waals surface area contributed by atoms with Crippen LogP contribution in [0.3, 0.4) is 0 Å². The molecule has 1 aromatic carbocycles. The molecule has 0 aromatic heterocycles. The van der Waals surface area contributed by atoms with Crippen molar-refractivity contribution >= 4 is 15.9 Å². The molecular formula is C10H14BrFN2. The number of hydrogen-bond acceptors (Lipinski definition) is 2. The van der Waals surface area contributed by atoms with Crippen LogP contribution in [0.15, 0.2) is 22.7 Å². The van der Waals surface area contributed by atoms with Crippen molar-refractivity contribution in [2.24, 2.45) is 0 Å². The van der Waals surface area contributed by atoms with Crippen molar-refractivity contribution in [2.45, 2.75) is 6.54 Å². The molecule has 0 saturated heterocycles. The molecule has 0 heterocycles. The molecular weight excluding hydrogens is 247 g/mol. The van der Waals surface area contributed by atoms with Crippen LogP contribution in [0.1, 0.15) is 5.56 Å². The molecule has 0 aliphatic carbocycles. The second-order valence-electron chi connectivity index (χ2n) is 3.06. The first-order chi connectivity index (χ1) is 6.72. The monoisotopic (exact) mass is 260 g/mol. The molecule has 0 spiro atoms. The lowest BCUT2D eigenvalue weighted by Crippen LogP contribution is -2.24. The highest BCUT2D eigenvalue weighted by Crippen LogP contribution is 2.14. The van der Waals surface area contributed by atoms with Crippen LogP contribution in [0, 0.1) is 5.82 Å². The Kier molecular flexibility index (Phi) is 5.07. The number of nitrogens with one attached hydrogen (secondary N) is 2. The van der Waals surface area contributed by atoms with Crippen LogP contribution < -0.4 is 10.6 Å². The number of hydrogen-bond donors (Lipinski definition) is 2. The average Bonchev–Trinajstić information content (AvgIpc) is 2.11. The van der Waals surface area contributed by atoms with Gasteiger partial charge < -0.3 is 10.6 Å². The summed E-state index contributed by atoms with van der Waals surface area (Å²) in [6.07, 6.45) is 0. The topological polar surface area (TPSA) is 24.1 Å². The highest BCUT2D eigenvalue weighted by molar-refractivity contribution is 9.10. The third kappa shape index (κ3) is 4.17. The Morgan fingerprint density at radius 3 is 2.71 bits per heavy atom. The molecule has 1 rings (SSSR count). The lowest BCUT2D eigenvalue weighted by molar-refractivity contribution is 0.615. The summed E-state index contributed by atoms with van der Waals surface area (Å²) in [7, 11) is 1.90. The van der Waals surface area contributed by atoms with Gasteiger partial charge in [0.15, 0.2) is 0 Å². The largest absolute Gasteiger partial charge is 0.318 e. The van der Waals surface area contributed by atoms with E-state index in [9.17, 15) is 4.39 Å². The molecule has 1 aromatic rings. The van der Waals surface area contributed by atoms with E-state index in [1.54, 1.807) is 0 Å². The van der Waals surface area contributed by atoms with Gasteiger partial charge in [-0.1, -0.05) is 15.9 Å². The lowest BCUT2D eigenvalue weighted by Gasteiger charge is -2.05. The Balaban J connectivity index is 2.42. The third-order valence-electron chi connectivity index (χ3n) is 1.80. The Bertz CT molecular complexity index is 271. The molecule has 0 bridgehead atoms. The highest BCUT2D eigenvalue weighted by Gasteiger charge is 1.98. The predicted octanol–water partition coefficient (Wildman–Crippen LogP) is 1.90. The zero-order valence-corrected chi connectivity index (χ0v) is 9.70. The number of benzene rings is 1. The molecule has 0 fully saturated rings. The van der Waals surface area contributed by atoms with E-state index in [0.29, 0.717) is 6.54 Å². The minimum Gasteiger partial charge on any atom is -0.318 e. The molecule has 0 atom stereocenters. The van der Waals surface area contributed by atoms with E-state index in [1.165, 1.54) is 12.1 Å². The Morgan fingerprint density at radius 1 is 1.29 bits per heavy atom. The van der Waals surface area contributed by atoms with Crippen molar-refractivity contribution in [3.05, 3.63) is 34.1 Å². The van der Waals surface area contributed by atoms with E-state index in [4.69, 9.17) is 0 Å². The van der Waals surface area contributed by atoms with Crippen LogP contribution in [0.5, 0.6) is 0 Å². The van der Waals surface area contributed by atoms with Gasteiger partial charge in [0.2, 0.25) is 0 Å². The van der Waals surface area contributed by atoms with Gasteiger partial charge >= 0.3 is 0 Å². The van der Waals surface area contributed by atoms with Crippen LogP contribution >= 0.6 is 15.9 Å². The van der Waals surface area contributed by atoms with Gasteiger partial charge in [-0.25, -0.2) is 4.39 Å². The predicted molar refractivity (Wildman–Crippen MR) is 59.7 cm³/mol. The maximum absolute atomic E-state index is 12.9. The molecule has 0 unspecified atom stereocenters. The van der Waals surface area contributed by atoms with E-state index in [1.807, 2.05) is 13.1 Å². The molecule has 2 nitrogen and oxygen atoms in total. The average molecular weight is 261 g/mol. The van der Waals surface area contributed by atoms with Crippen LogP contribution in [0.4, 0.5) is 4.39 Å². The summed E-state index contributed by atoms with van der Waals surface area (Å²) in [6.45, 7) is 2.49. The smallest absolute Gasteiger partial charge is 0.124 e. The van der Waals surface area contributed by atoms with Crippen molar-refractivity contribution in [2.75, 3.05) is 20.1 Å². The van der Waals surface area contributed by atoms with Crippen molar-refractivity contribution in [1.29, 1.82) is 0 Å². The fraction of sp³-hybridized carbons (Fsp3) is 0.400. The maximum atomic E-state index is 12.9. The van der Waals surface area contributed by atoms with E-state index < -0.39 is 0 Å². The Hall–Kier alpha value is -0.450. The van der Waals surface area contributed by atoms with Gasteiger partial charge in [-0.15, -0.1) is 0 Å². The van der Waals surface area contributed by atoms with Gasteiger partial charge in [-0.2, -0.15) is 0 Å². The first-order valence-electron chi connectivity index (χ1n) is 4.52. The van der Waals surface area contributed by atoms with E-state index in [0.717, 1.165) is 23.1 Å². The molecule has 0 saturated carbocycles. The second-order valence-corrected chi connectivity index (χ2v) is 3.97. The first-order valence-corrected chi connectivity index (χ1v) is 5.32. The molecule has 14 heavy (non-hydrogen) atoms. The highest BCUT2D eigenvalue weighted by atomic mass is 79.9. The summed E-state index contributed by atoms with van der Waals surface area (Å²) < 4.78 is 13.7. The quantitative estimate of drug-likeness (QED) is 0.791. The summed E-state index contributed by atoms with van der Waals surface area (Å²) in [4.78, 5) is 0.